The molecule has 5 heteroatoms. The van der Waals surface area contributed by atoms with Gasteiger partial charge in [0.05, 0.1) is 19.8 Å². The Hall–Kier alpha value is -0.980. The number of nitrogens with zero attached hydrogens (tertiary/aromatic N) is 1. The van der Waals surface area contributed by atoms with Crippen LogP contribution in [0.4, 0.5) is 5.69 Å². The number of quaternary nitrogens is 1. The standard InChI is InChI=1S/C13H18N2O3/c16-15(6-9-17-10-7-15)12-3-1-11(2-4-12)13-14-5-8-18-13/h1-4,13-14H,5-10H2. The van der Waals surface area contributed by atoms with Crippen molar-refractivity contribution in [1.82, 2.24) is 9.96 Å². The number of ether oxygens (including phenoxy) is 2. The summed E-state index contributed by atoms with van der Waals surface area (Å²) in [6.45, 7) is 3.70. The number of nitrogens with one attached hydrogen (secondary N) is 1. The molecule has 0 saturated carbocycles. The molecule has 98 valence electrons. The van der Waals surface area contributed by atoms with Gasteiger partial charge in [0.15, 0.2) is 0 Å². The smallest absolute Gasteiger partial charge is 0.134 e. The lowest BCUT2D eigenvalue weighted by molar-refractivity contribution is 0.0614. The number of morpholine rings is 1. The maximum atomic E-state index is 12.6. The molecule has 1 atom stereocenters. The van der Waals surface area contributed by atoms with Gasteiger partial charge in [-0.3, -0.25) is 5.32 Å². The Bertz CT molecular complexity index is 395. The topological polar surface area (TPSA) is 53.5 Å². The normalized spacial score (nSPS) is 27.3. The fourth-order valence-corrected chi connectivity index (χ4v) is 2.46. The third kappa shape index (κ3) is 2.28. The van der Waals surface area contributed by atoms with Gasteiger partial charge < -0.3 is 19.3 Å². The quantitative estimate of drug-likeness (QED) is 0.631. The third-order valence-corrected chi connectivity index (χ3v) is 3.58. The lowest BCUT2D eigenvalue weighted by Crippen LogP contribution is -2.51. The summed E-state index contributed by atoms with van der Waals surface area (Å²) in [5, 5.41) is 15.8. The van der Waals surface area contributed by atoms with Crippen molar-refractivity contribution in [2.24, 2.45) is 0 Å². The molecule has 0 spiro atoms. The van der Waals surface area contributed by atoms with Crippen molar-refractivity contribution in [3.8, 4) is 0 Å². The minimum Gasteiger partial charge on any atom is -0.627 e. The minimum atomic E-state index is -0.279. The number of hydroxylamine groups is 2. The first-order chi connectivity index (χ1) is 8.78. The van der Waals surface area contributed by atoms with E-state index >= 15 is 0 Å². The average molecular weight is 250 g/mol. The van der Waals surface area contributed by atoms with Crippen molar-refractivity contribution in [1.29, 1.82) is 0 Å². The summed E-state index contributed by atoms with van der Waals surface area (Å²) >= 11 is 0. The number of rotatable bonds is 2. The summed E-state index contributed by atoms with van der Waals surface area (Å²) in [6.07, 6.45) is -0.0242. The van der Waals surface area contributed by atoms with Gasteiger partial charge in [-0.05, 0) is 29.8 Å². The Labute approximate surface area is 106 Å². The first kappa shape index (κ1) is 12.1. The monoisotopic (exact) mass is 250 g/mol. The van der Waals surface area contributed by atoms with Crippen LogP contribution in [0.25, 0.3) is 0 Å². The lowest BCUT2D eigenvalue weighted by Gasteiger charge is -2.44. The average Bonchev–Trinajstić information content (AvgIpc) is 2.94. The second-order valence-corrected chi connectivity index (χ2v) is 4.75. The Morgan fingerprint density at radius 3 is 2.44 bits per heavy atom. The van der Waals surface area contributed by atoms with Gasteiger partial charge in [0, 0.05) is 6.54 Å². The maximum absolute atomic E-state index is 12.6. The van der Waals surface area contributed by atoms with Crippen molar-refractivity contribution in [2.45, 2.75) is 6.23 Å². The van der Waals surface area contributed by atoms with E-state index in [0.717, 1.165) is 24.4 Å². The summed E-state index contributed by atoms with van der Waals surface area (Å²) in [5.41, 5.74) is 1.89. The molecule has 2 aliphatic rings. The van der Waals surface area contributed by atoms with Crippen molar-refractivity contribution < 1.29 is 9.47 Å². The summed E-state index contributed by atoms with van der Waals surface area (Å²) in [5.74, 6) is 0. The van der Waals surface area contributed by atoms with Gasteiger partial charge in [-0.15, -0.1) is 0 Å². The number of hydrogen-bond acceptors (Lipinski definition) is 4. The van der Waals surface area contributed by atoms with Crippen LogP contribution in [0.15, 0.2) is 24.3 Å². The molecule has 2 fully saturated rings. The van der Waals surface area contributed by atoms with E-state index in [0.29, 0.717) is 26.3 Å². The highest BCUT2D eigenvalue weighted by molar-refractivity contribution is 5.45. The molecule has 1 unspecified atom stereocenters. The highest BCUT2D eigenvalue weighted by Gasteiger charge is 2.24. The third-order valence-electron chi connectivity index (χ3n) is 3.58. The fourth-order valence-electron chi connectivity index (χ4n) is 2.46. The van der Waals surface area contributed by atoms with Crippen LogP contribution < -0.4 is 9.96 Å². The zero-order valence-corrected chi connectivity index (χ0v) is 10.3. The molecular weight excluding hydrogens is 232 g/mol. The first-order valence-electron chi connectivity index (χ1n) is 6.39. The van der Waals surface area contributed by atoms with Crippen LogP contribution in [0.3, 0.4) is 0 Å². The molecule has 3 rings (SSSR count). The molecule has 0 radical (unpaired) electrons. The van der Waals surface area contributed by atoms with Crippen molar-refractivity contribution in [3.63, 3.8) is 0 Å². The van der Waals surface area contributed by atoms with Gasteiger partial charge in [0.2, 0.25) is 0 Å². The van der Waals surface area contributed by atoms with Crippen LogP contribution in [0.2, 0.25) is 0 Å². The van der Waals surface area contributed by atoms with Crippen LogP contribution in [0.1, 0.15) is 11.8 Å². The molecule has 2 aliphatic heterocycles. The Balaban J connectivity index is 1.77. The first-order valence-corrected chi connectivity index (χ1v) is 6.39. The SMILES string of the molecule is [O-][N+]1(c2ccc(C3NCCO3)cc2)CCOCC1. The van der Waals surface area contributed by atoms with E-state index in [1.807, 2.05) is 24.3 Å². The molecule has 0 amide bonds. The van der Waals surface area contributed by atoms with Gasteiger partial charge in [0.1, 0.15) is 25.0 Å². The molecule has 1 aromatic rings. The molecule has 2 heterocycles. The van der Waals surface area contributed by atoms with Crippen molar-refractivity contribution in [3.05, 3.63) is 35.0 Å². The summed E-state index contributed by atoms with van der Waals surface area (Å²) in [7, 11) is 0. The zero-order chi connectivity index (χ0) is 12.4. The van der Waals surface area contributed by atoms with Gasteiger partial charge in [0.25, 0.3) is 0 Å². The number of hydrogen-bond donors (Lipinski definition) is 1. The Morgan fingerprint density at radius 1 is 1.11 bits per heavy atom. The molecule has 0 aliphatic carbocycles. The molecule has 18 heavy (non-hydrogen) atoms. The van der Waals surface area contributed by atoms with E-state index in [9.17, 15) is 5.21 Å². The van der Waals surface area contributed by atoms with Gasteiger partial charge in [-0.2, -0.15) is 0 Å². The van der Waals surface area contributed by atoms with Crippen LogP contribution in [0, 0.1) is 5.21 Å². The summed E-state index contributed by atoms with van der Waals surface area (Å²) < 4.78 is 10.5. The molecule has 0 aromatic heterocycles. The van der Waals surface area contributed by atoms with Gasteiger partial charge in [-0.1, -0.05) is 0 Å². The molecule has 2 saturated heterocycles. The van der Waals surface area contributed by atoms with E-state index < -0.39 is 0 Å². The van der Waals surface area contributed by atoms with Crippen LogP contribution in [0.5, 0.6) is 0 Å². The predicted molar refractivity (Wildman–Crippen MR) is 68.9 cm³/mol. The zero-order valence-electron chi connectivity index (χ0n) is 10.3. The highest BCUT2D eigenvalue weighted by Crippen LogP contribution is 2.26. The fraction of sp³-hybridized carbons (Fsp3) is 0.538. The predicted octanol–water partition coefficient (Wildman–Crippen LogP) is 1.14. The van der Waals surface area contributed by atoms with Gasteiger partial charge >= 0.3 is 0 Å². The summed E-state index contributed by atoms with van der Waals surface area (Å²) in [4.78, 5) is 0. The molecule has 0 bridgehead atoms. The van der Waals surface area contributed by atoms with E-state index in [1.54, 1.807) is 0 Å². The lowest BCUT2D eigenvalue weighted by atomic mass is 10.1. The highest BCUT2D eigenvalue weighted by atomic mass is 16.6. The van der Waals surface area contributed by atoms with Crippen molar-refractivity contribution in [2.75, 3.05) is 39.5 Å². The second-order valence-electron chi connectivity index (χ2n) is 4.75. The van der Waals surface area contributed by atoms with Crippen LogP contribution in [-0.2, 0) is 9.47 Å². The van der Waals surface area contributed by atoms with Crippen LogP contribution in [-0.4, -0.2) is 39.5 Å². The Kier molecular flexibility index (Phi) is 3.32. The maximum Gasteiger partial charge on any atom is 0.134 e. The molecule has 5 nitrogen and oxygen atoms in total. The molecular formula is C13H18N2O3. The van der Waals surface area contributed by atoms with E-state index in [-0.39, 0.29) is 10.9 Å². The van der Waals surface area contributed by atoms with E-state index in [2.05, 4.69) is 5.32 Å². The van der Waals surface area contributed by atoms with E-state index in [4.69, 9.17) is 9.47 Å². The summed E-state index contributed by atoms with van der Waals surface area (Å²) in [6, 6.07) is 7.78. The second kappa shape index (κ2) is 4.95. The Morgan fingerprint density at radius 2 is 1.83 bits per heavy atom. The molecule has 1 aromatic carbocycles. The number of benzene rings is 1. The van der Waals surface area contributed by atoms with E-state index in [1.165, 1.54) is 0 Å². The largest absolute Gasteiger partial charge is 0.627 e. The van der Waals surface area contributed by atoms with Gasteiger partial charge in [-0.25, -0.2) is 0 Å². The van der Waals surface area contributed by atoms with Crippen LogP contribution >= 0.6 is 0 Å². The minimum absolute atomic E-state index is 0.0242. The van der Waals surface area contributed by atoms with Crippen molar-refractivity contribution >= 4 is 5.69 Å². The molecule has 1 N–H and O–H groups in total.